The van der Waals surface area contributed by atoms with Gasteiger partial charge in [0, 0.05) is 20.6 Å². The summed E-state index contributed by atoms with van der Waals surface area (Å²) in [6.07, 6.45) is 2.29. The van der Waals surface area contributed by atoms with Crippen molar-refractivity contribution in [3.05, 3.63) is 23.5 Å². The topological polar surface area (TPSA) is 79.5 Å². The molecule has 20 heavy (non-hydrogen) atoms. The number of likely N-dealkylation sites (N-methyl/N-ethyl adjacent to an activating group) is 1. The molecule has 0 saturated heterocycles. The molecule has 0 atom stereocenters. The zero-order valence-electron chi connectivity index (χ0n) is 12.5. The smallest absolute Gasteiger partial charge is 0.256 e. The lowest BCUT2D eigenvalue weighted by Crippen LogP contribution is -2.41. The number of nitrogens with two attached hydrogens (primary N) is 1. The first kappa shape index (κ1) is 15.9. The van der Waals surface area contributed by atoms with Gasteiger partial charge in [0.25, 0.3) is 5.91 Å². The molecule has 1 aromatic heterocycles. The maximum Gasteiger partial charge on any atom is 0.256 e. The van der Waals surface area contributed by atoms with Crippen molar-refractivity contribution < 1.29 is 9.59 Å². The first-order valence-corrected chi connectivity index (χ1v) is 6.58. The van der Waals surface area contributed by atoms with E-state index in [2.05, 4.69) is 4.98 Å². The van der Waals surface area contributed by atoms with Gasteiger partial charge in [0.05, 0.1) is 23.1 Å². The summed E-state index contributed by atoms with van der Waals surface area (Å²) in [5.41, 5.74) is 7.18. The Kier molecular flexibility index (Phi) is 5.49. The van der Waals surface area contributed by atoms with Crippen LogP contribution in [0.3, 0.4) is 0 Å². The Bertz CT molecular complexity index is 500. The molecule has 2 amide bonds. The van der Waals surface area contributed by atoms with Gasteiger partial charge in [-0.15, -0.1) is 0 Å². The van der Waals surface area contributed by atoms with Crippen molar-refractivity contribution in [1.82, 2.24) is 14.8 Å². The molecule has 0 aliphatic carbocycles. The molecule has 1 rings (SSSR count). The summed E-state index contributed by atoms with van der Waals surface area (Å²) in [5, 5.41) is 0. The molecule has 0 bridgehead atoms. The fourth-order valence-electron chi connectivity index (χ4n) is 1.76. The average molecular weight is 278 g/mol. The summed E-state index contributed by atoms with van der Waals surface area (Å²) >= 11 is 0. The van der Waals surface area contributed by atoms with E-state index in [-0.39, 0.29) is 18.4 Å². The van der Waals surface area contributed by atoms with Crippen LogP contribution in [0, 0.1) is 6.92 Å². The van der Waals surface area contributed by atoms with Gasteiger partial charge in [-0.05, 0) is 19.4 Å². The van der Waals surface area contributed by atoms with Crippen LogP contribution in [0.2, 0.25) is 0 Å². The number of nitrogen functional groups attached to an aromatic ring is 1. The fraction of sp³-hybridized carbons (Fsp3) is 0.500. The number of carbonyl (C=O) groups is 2. The van der Waals surface area contributed by atoms with Gasteiger partial charge in [-0.3, -0.25) is 14.6 Å². The highest BCUT2D eigenvalue weighted by Gasteiger charge is 2.21. The number of rotatable bonds is 5. The molecular weight excluding hydrogens is 256 g/mol. The van der Waals surface area contributed by atoms with E-state index in [9.17, 15) is 9.59 Å². The van der Waals surface area contributed by atoms with Crippen molar-refractivity contribution in [3.8, 4) is 0 Å². The van der Waals surface area contributed by atoms with Crippen LogP contribution in [0.1, 0.15) is 29.4 Å². The number of hydrogen-bond acceptors (Lipinski definition) is 4. The van der Waals surface area contributed by atoms with Crippen molar-refractivity contribution >= 4 is 17.5 Å². The summed E-state index contributed by atoms with van der Waals surface area (Å²) in [6, 6.07) is 1.60. The number of aromatic nitrogens is 1. The van der Waals surface area contributed by atoms with E-state index in [1.807, 2.05) is 6.92 Å². The quantitative estimate of drug-likeness (QED) is 0.868. The molecule has 0 aromatic carbocycles. The molecule has 0 aliphatic rings. The van der Waals surface area contributed by atoms with Gasteiger partial charge in [0.15, 0.2) is 0 Å². The summed E-state index contributed by atoms with van der Waals surface area (Å²) in [7, 11) is 3.34. The van der Waals surface area contributed by atoms with Crippen LogP contribution in [-0.2, 0) is 4.79 Å². The lowest BCUT2D eigenvalue weighted by Gasteiger charge is -2.24. The number of anilines is 1. The van der Waals surface area contributed by atoms with Gasteiger partial charge in [0.1, 0.15) is 6.54 Å². The molecule has 0 radical (unpaired) electrons. The molecule has 0 unspecified atom stereocenters. The average Bonchev–Trinajstić information content (AvgIpc) is 2.40. The minimum Gasteiger partial charge on any atom is -0.397 e. The highest BCUT2D eigenvalue weighted by atomic mass is 16.2. The monoisotopic (exact) mass is 278 g/mol. The molecule has 0 fully saturated rings. The zero-order valence-corrected chi connectivity index (χ0v) is 12.5. The Hall–Kier alpha value is -2.11. The van der Waals surface area contributed by atoms with E-state index in [1.165, 1.54) is 16.0 Å². The van der Waals surface area contributed by atoms with Crippen LogP contribution in [0.5, 0.6) is 0 Å². The van der Waals surface area contributed by atoms with E-state index in [1.54, 1.807) is 27.1 Å². The summed E-state index contributed by atoms with van der Waals surface area (Å²) in [6.45, 7) is 4.30. The van der Waals surface area contributed by atoms with Crippen LogP contribution in [0.25, 0.3) is 0 Å². The second-order valence-corrected chi connectivity index (χ2v) is 4.92. The third-order valence-corrected chi connectivity index (χ3v) is 2.94. The van der Waals surface area contributed by atoms with Crippen molar-refractivity contribution in [2.45, 2.75) is 20.3 Å². The van der Waals surface area contributed by atoms with Crippen molar-refractivity contribution in [3.63, 3.8) is 0 Å². The number of nitrogens with zero attached hydrogens (tertiary/aromatic N) is 3. The van der Waals surface area contributed by atoms with Crippen molar-refractivity contribution in [1.29, 1.82) is 0 Å². The first-order chi connectivity index (χ1) is 9.36. The van der Waals surface area contributed by atoms with Crippen LogP contribution in [-0.4, -0.2) is 53.8 Å². The van der Waals surface area contributed by atoms with Gasteiger partial charge < -0.3 is 15.5 Å². The number of hydrogen-bond donors (Lipinski definition) is 1. The lowest BCUT2D eigenvalue weighted by molar-refractivity contribution is -0.129. The normalized spacial score (nSPS) is 10.2. The maximum atomic E-state index is 12.5. The van der Waals surface area contributed by atoms with Crippen LogP contribution < -0.4 is 5.73 Å². The predicted octanol–water partition coefficient (Wildman–Crippen LogP) is 0.913. The van der Waals surface area contributed by atoms with Gasteiger partial charge in [0.2, 0.25) is 5.91 Å². The predicted molar refractivity (Wildman–Crippen MR) is 78.3 cm³/mol. The van der Waals surface area contributed by atoms with E-state index >= 15 is 0 Å². The molecule has 1 aromatic rings. The Morgan fingerprint density at radius 3 is 2.55 bits per heavy atom. The van der Waals surface area contributed by atoms with Gasteiger partial charge in [-0.1, -0.05) is 6.92 Å². The Morgan fingerprint density at radius 2 is 2.00 bits per heavy atom. The van der Waals surface area contributed by atoms with E-state index in [4.69, 9.17) is 5.73 Å². The summed E-state index contributed by atoms with van der Waals surface area (Å²) in [5.74, 6) is -0.319. The summed E-state index contributed by atoms with van der Waals surface area (Å²) in [4.78, 5) is 31.4. The highest BCUT2D eigenvalue weighted by molar-refractivity contribution is 5.97. The Balaban J connectivity index is 2.99. The molecular formula is C14H22N4O2. The third kappa shape index (κ3) is 3.94. The minimum atomic E-state index is -0.209. The van der Waals surface area contributed by atoms with Gasteiger partial charge in [-0.2, -0.15) is 0 Å². The van der Waals surface area contributed by atoms with Crippen LogP contribution >= 0.6 is 0 Å². The van der Waals surface area contributed by atoms with E-state index < -0.39 is 0 Å². The molecule has 0 aliphatic heterocycles. The molecule has 0 spiro atoms. The second kappa shape index (κ2) is 6.88. The minimum absolute atomic E-state index is 0.0634. The SMILES string of the molecule is CCCN(CC(=O)N(C)C)C(=O)c1cc(N)cnc1C. The van der Waals surface area contributed by atoms with Crippen LogP contribution in [0.15, 0.2) is 12.3 Å². The Morgan fingerprint density at radius 1 is 1.35 bits per heavy atom. The van der Waals surface area contributed by atoms with Crippen LogP contribution in [0.4, 0.5) is 5.69 Å². The highest BCUT2D eigenvalue weighted by Crippen LogP contribution is 2.13. The largest absolute Gasteiger partial charge is 0.397 e. The molecule has 0 saturated carbocycles. The third-order valence-electron chi connectivity index (χ3n) is 2.94. The number of pyridine rings is 1. The standard InChI is InChI=1S/C14H22N4O2/c1-5-6-18(9-13(19)17(3)4)14(20)12-7-11(15)8-16-10(12)2/h7-8H,5-6,9,15H2,1-4H3. The van der Waals surface area contributed by atoms with Gasteiger partial charge in [-0.25, -0.2) is 0 Å². The van der Waals surface area contributed by atoms with Crippen molar-refractivity contribution in [2.75, 3.05) is 32.9 Å². The second-order valence-electron chi connectivity index (χ2n) is 4.92. The van der Waals surface area contributed by atoms with E-state index in [0.717, 1.165) is 6.42 Å². The Labute approximate surface area is 119 Å². The van der Waals surface area contributed by atoms with Crippen molar-refractivity contribution in [2.24, 2.45) is 0 Å². The van der Waals surface area contributed by atoms with Gasteiger partial charge >= 0.3 is 0 Å². The molecule has 110 valence electrons. The maximum absolute atomic E-state index is 12.5. The zero-order chi connectivity index (χ0) is 15.3. The molecule has 2 N–H and O–H groups in total. The summed E-state index contributed by atoms with van der Waals surface area (Å²) < 4.78 is 0. The molecule has 1 heterocycles. The lowest BCUT2D eigenvalue weighted by atomic mass is 10.1. The number of carbonyl (C=O) groups excluding carboxylic acids is 2. The first-order valence-electron chi connectivity index (χ1n) is 6.58. The van der Waals surface area contributed by atoms with E-state index in [0.29, 0.717) is 23.5 Å². The number of amides is 2. The fourth-order valence-corrected chi connectivity index (χ4v) is 1.76. The number of aryl methyl sites for hydroxylation is 1. The molecule has 6 heteroatoms. The molecule has 6 nitrogen and oxygen atoms in total.